The smallest absolute Gasteiger partial charge is 0.0710 e. The standard InChI is InChI=1S/C16H25BrN2O/c1-3-18-16(13-4-6-14(17)7-5-13)9-11-19-10-8-15(12-19)20-2/h4-7,15-16,18H,3,8-12H2,1-2H3. The molecule has 1 N–H and O–H groups in total. The molecular weight excluding hydrogens is 316 g/mol. The lowest BCUT2D eigenvalue weighted by molar-refractivity contribution is 0.107. The van der Waals surface area contributed by atoms with E-state index in [-0.39, 0.29) is 0 Å². The van der Waals surface area contributed by atoms with Gasteiger partial charge in [0.05, 0.1) is 6.10 Å². The second-order valence-corrected chi connectivity index (χ2v) is 6.31. The minimum Gasteiger partial charge on any atom is -0.380 e. The second-order valence-electron chi connectivity index (χ2n) is 5.40. The van der Waals surface area contributed by atoms with Gasteiger partial charge in [-0.25, -0.2) is 0 Å². The number of nitrogens with zero attached hydrogens (tertiary/aromatic N) is 1. The average molecular weight is 341 g/mol. The summed E-state index contributed by atoms with van der Waals surface area (Å²) in [6, 6.07) is 9.10. The molecule has 1 aromatic carbocycles. The summed E-state index contributed by atoms with van der Waals surface area (Å²) >= 11 is 3.50. The Labute approximate surface area is 130 Å². The van der Waals surface area contributed by atoms with Crippen LogP contribution >= 0.6 is 15.9 Å². The van der Waals surface area contributed by atoms with E-state index in [1.54, 1.807) is 0 Å². The Kier molecular flexibility index (Phi) is 6.49. The summed E-state index contributed by atoms with van der Waals surface area (Å²) in [5.74, 6) is 0. The first-order valence-electron chi connectivity index (χ1n) is 7.47. The number of hydrogen-bond acceptors (Lipinski definition) is 3. The lowest BCUT2D eigenvalue weighted by Crippen LogP contribution is -2.29. The van der Waals surface area contributed by atoms with Crippen molar-refractivity contribution in [2.24, 2.45) is 0 Å². The molecule has 0 aromatic heterocycles. The van der Waals surface area contributed by atoms with Crippen molar-refractivity contribution in [1.29, 1.82) is 0 Å². The lowest BCUT2D eigenvalue weighted by atomic mass is 10.0. The SMILES string of the molecule is CCNC(CCN1CCC(OC)C1)c1ccc(Br)cc1. The molecule has 0 spiro atoms. The molecule has 2 unspecified atom stereocenters. The second kappa shape index (κ2) is 8.13. The molecule has 1 aromatic rings. The zero-order valence-corrected chi connectivity index (χ0v) is 14.0. The highest BCUT2D eigenvalue weighted by Crippen LogP contribution is 2.21. The van der Waals surface area contributed by atoms with Gasteiger partial charge in [-0.3, -0.25) is 0 Å². The molecule has 0 radical (unpaired) electrons. The van der Waals surface area contributed by atoms with E-state index < -0.39 is 0 Å². The molecule has 1 heterocycles. The Balaban J connectivity index is 1.88. The van der Waals surface area contributed by atoms with Crippen LogP contribution in [0.4, 0.5) is 0 Å². The number of nitrogens with one attached hydrogen (secondary N) is 1. The molecule has 0 aliphatic carbocycles. The van der Waals surface area contributed by atoms with E-state index in [0.29, 0.717) is 12.1 Å². The maximum absolute atomic E-state index is 5.43. The minimum absolute atomic E-state index is 0.431. The maximum Gasteiger partial charge on any atom is 0.0710 e. The molecule has 2 atom stereocenters. The number of halogens is 1. The summed E-state index contributed by atoms with van der Waals surface area (Å²) in [7, 11) is 1.82. The van der Waals surface area contributed by atoms with Gasteiger partial charge in [0, 0.05) is 37.3 Å². The fourth-order valence-corrected chi connectivity index (χ4v) is 3.10. The van der Waals surface area contributed by atoms with Crippen LogP contribution in [0.5, 0.6) is 0 Å². The largest absolute Gasteiger partial charge is 0.380 e. The summed E-state index contributed by atoms with van der Waals surface area (Å²) in [6.07, 6.45) is 2.74. The van der Waals surface area contributed by atoms with Crippen LogP contribution in [-0.2, 0) is 4.74 Å². The van der Waals surface area contributed by atoms with Gasteiger partial charge in [0.15, 0.2) is 0 Å². The Morgan fingerprint density at radius 3 is 2.75 bits per heavy atom. The van der Waals surface area contributed by atoms with Gasteiger partial charge in [0.1, 0.15) is 0 Å². The highest BCUT2D eigenvalue weighted by atomic mass is 79.9. The van der Waals surface area contributed by atoms with Crippen molar-refractivity contribution in [3.63, 3.8) is 0 Å². The van der Waals surface area contributed by atoms with Gasteiger partial charge in [-0.2, -0.15) is 0 Å². The number of ether oxygens (including phenoxy) is 1. The van der Waals surface area contributed by atoms with Crippen LogP contribution in [0.25, 0.3) is 0 Å². The third kappa shape index (κ3) is 4.55. The van der Waals surface area contributed by atoms with Crippen LogP contribution in [-0.4, -0.2) is 44.3 Å². The highest BCUT2D eigenvalue weighted by Gasteiger charge is 2.22. The molecule has 1 aliphatic rings. The van der Waals surface area contributed by atoms with E-state index in [1.165, 1.54) is 12.0 Å². The molecule has 0 amide bonds. The number of methoxy groups -OCH3 is 1. The van der Waals surface area contributed by atoms with E-state index in [2.05, 4.69) is 57.3 Å². The molecule has 0 bridgehead atoms. The quantitative estimate of drug-likeness (QED) is 0.824. The van der Waals surface area contributed by atoms with Crippen molar-refractivity contribution in [1.82, 2.24) is 10.2 Å². The van der Waals surface area contributed by atoms with Crippen LogP contribution in [0.3, 0.4) is 0 Å². The fraction of sp³-hybridized carbons (Fsp3) is 0.625. The van der Waals surface area contributed by atoms with Gasteiger partial charge < -0.3 is 15.0 Å². The number of hydrogen-bond donors (Lipinski definition) is 1. The van der Waals surface area contributed by atoms with Crippen LogP contribution in [0.2, 0.25) is 0 Å². The summed E-state index contributed by atoms with van der Waals surface area (Å²) in [5, 5.41) is 3.59. The van der Waals surface area contributed by atoms with Crippen molar-refractivity contribution < 1.29 is 4.74 Å². The number of rotatable bonds is 7. The van der Waals surface area contributed by atoms with Crippen LogP contribution in [0.15, 0.2) is 28.7 Å². The normalized spacial score (nSPS) is 21.2. The van der Waals surface area contributed by atoms with Gasteiger partial charge in [-0.1, -0.05) is 35.0 Å². The third-order valence-electron chi connectivity index (χ3n) is 4.02. The van der Waals surface area contributed by atoms with Crippen molar-refractivity contribution in [2.75, 3.05) is 33.3 Å². The summed E-state index contributed by atoms with van der Waals surface area (Å²) in [4.78, 5) is 2.51. The van der Waals surface area contributed by atoms with Crippen molar-refractivity contribution >= 4 is 15.9 Å². The maximum atomic E-state index is 5.43. The fourth-order valence-electron chi connectivity index (χ4n) is 2.83. The Bertz CT molecular complexity index is 396. The van der Waals surface area contributed by atoms with E-state index in [0.717, 1.165) is 37.1 Å². The van der Waals surface area contributed by atoms with E-state index >= 15 is 0 Å². The van der Waals surface area contributed by atoms with Crippen LogP contribution in [0, 0.1) is 0 Å². The predicted molar refractivity (Wildman–Crippen MR) is 87.0 cm³/mol. The van der Waals surface area contributed by atoms with Crippen molar-refractivity contribution in [3.8, 4) is 0 Å². The Hall–Kier alpha value is -0.420. The van der Waals surface area contributed by atoms with Crippen molar-refractivity contribution in [3.05, 3.63) is 34.3 Å². The van der Waals surface area contributed by atoms with Gasteiger partial charge in [0.2, 0.25) is 0 Å². The summed E-state index contributed by atoms with van der Waals surface area (Å²) in [6.45, 7) is 6.55. The zero-order valence-electron chi connectivity index (χ0n) is 12.4. The van der Waals surface area contributed by atoms with Gasteiger partial charge >= 0.3 is 0 Å². The lowest BCUT2D eigenvalue weighted by Gasteiger charge is -2.22. The molecule has 4 heteroatoms. The monoisotopic (exact) mass is 340 g/mol. The number of benzene rings is 1. The van der Waals surface area contributed by atoms with Crippen LogP contribution < -0.4 is 5.32 Å². The molecule has 1 saturated heterocycles. The van der Waals surface area contributed by atoms with Gasteiger partial charge in [-0.05, 0) is 37.1 Å². The molecular formula is C16H25BrN2O. The van der Waals surface area contributed by atoms with Crippen LogP contribution in [0.1, 0.15) is 31.4 Å². The topological polar surface area (TPSA) is 24.5 Å². The van der Waals surface area contributed by atoms with E-state index in [9.17, 15) is 0 Å². The number of likely N-dealkylation sites (tertiary alicyclic amines) is 1. The van der Waals surface area contributed by atoms with E-state index in [1.807, 2.05) is 7.11 Å². The zero-order chi connectivity index (χ0) is 14.4. The molecule has 20 heavy (non-hydrogen) atoms. The van der Waals surface area contributed by atoms with Crippen molar-refractivity contribution in [2.45, 2.75) is 31.9 Å². The minimum atomic E-state index is 0.431. The molecule has 2 rings (SSSR count). The first kappa shape index (κ1) is 16.0. The molecule has 0 saturated carbocycles. The molecule has 1 fully saturated rings. The molecule has 3 nitrogen and oxygen atoms in total. The van der Waals surface area contributed by atoms with E-state index in [4.69, 9.17) is 4.74 Å². The van der Waals surface area contributed by atoms with Gasteiger partial charge in [0.25, 0.3) is 0 Å². The van der Waals surface area contributed by atoms with Gasteiger partial charge in [-0.15, -0.1) is 0 Å². The first-order chi connectivity index (χ1) is 9.72. The Morgan fingerprint density at radius 2 is 2.15 bits per heavy atom. The molecule has 112 valence electrons. The molecule has 1 aliphatic heterocycles. The summed E-state index contributed by atoms with van der Waals surface area (Å²) in [5.41, 5.74) is 1.37. The summed E-state index contributed by atoms with van der Waals surface area (Å²) < 4.78 is 6.57. The third-order valence-corrected chi connectivity index (χ3v) is 4.55. The average Bonchev–Trinajstić information content (AvgIpc) is 2.92. The Morgan fingerprint density at radius 1 is 1.40 bits per heavy atom. The highest BCUT2D eigenvalue weighted by molar-refractivity contribution is 9.10. The predicted octanol–water partition coefficient (Wildman–Crippen LogP) is 3.21. The first-order valence-corrected chi connectivity index (χ1v) is 8.26.